The molecule has 4 heteroatoms. The number of anilines is 1. The average Bonchev–Trinajstić information content (AvgIpc) is 2.62. The number of rotatable bonds is 6. The van der Waals surface area contributed by atoms with Gasteiger partial charge < -0.3 is 20.1 Å². The zero-order valence-corrected chi connectivity index (χ0v) is 15.1. The quantitative estimate of drug-likeness (QED) is 0.848. The minimum Gasteiger partial charge on any atom is -0.392 e. The van der Waals surface area contributed by atoms with Crippen LogP contribution in [0.4, 0.5) is 5.69 Å². The number of morpholine rings is 1. The molecule has 0 saturated carbocycles. The lowest BCUT2D eigenvalue weighted by Gasteiger charge is -2.37. The van der Waals surface area contributed by atoms with E-state index in [0.29, 0.717) is 0 Å². The highest BCUT2D eigenvalue weighted by Gasteiger charge is 2.23. The van der Waals surface area contributed by atoms with Crippen molar-refractivity contribution in [1.29, 1.82) is 0 Å². The van der Waals surface area contributed by atoms with Gasteiger partial charge in [-0.25, -0.2) is 0 Å². The summed E-state index contributed by atoms with van der Waals surface area (Å²) in [6.07, 6.45) is 0.502. The van der Waals surface area contributed by atoms with E-state index in [4.69, 9.17) is 4.74 Å². The van der Waals surface area contributed by atoms with Crippen LogP contribution < -0.4 is 10.2 Å². The van der Waals surface area contributed by atoms with Gasteiger partial charge in [0.05, 0.1) is 18.8 Å². The smallest absolute Gasteiger partial charge is 0.0726 e. The van der Waals surface area contributed by atoms with Crippen LogP contribution in [-0.2, 0) is 24.4 Å². The summed E-state index contributed by atoms with van der Waals surface area (Å²) in [7, 11) is 0. The van der Waals surface area contributed by atoms with E-state index in [2.05, 4.69) is 54.4 Å². The molecule has 2 N–H and O–H groups in total. The normalized spacial score (nSPS) is 20.7. The first-order chi connectivity index (χ1) is 12.2. The monoisotopic (exact) mass is 340 g/mol. The molecule has 2 aromatic carbocycles. The van der Waals surface area contributed by atoms with Gasteiger partial charge in [0.15, 0.2) is 0 Å². The number of aliphatic hydroxyl groups excluding tert-OH is 1. The van der Waals surface area contributed by atoms with Crippen molar-refractivity contribution < 1.29 is 9.84 Å². The van der Waals surface area contributed by atoms with E-state index >= 15 is 0 Å². The standard InChI is InChI=1S/C21H28N2O2/c1-16-13-23(14-17(2)25-16)21-10-6-5-8-19(21)12-22-11-18-7-3-4-9-20(18)15-24/h3-10,16-17,22,24H,11-15H2,1-2H3. The zero-order valence-electron chi connectivity index (χ0n) is 15.1. The van der Waals surface area contributed by atoms with Crippen molar-refractivity contribution in [2.45, 2.75) is 45.8 Å². The molecule has 1 aliphatic rings. The molecule has 1 fully saturated rings. The maximum absolute atomic E-state index is 9.45. The average molecular weight is 340 g/mol. The number of nitrogens with one attached hydrogen (secondary N) is 1. The Bertz CT molecular complexity index is 679. The van der Waals surface area contributed by atoms with Crippen molar-refractivity contribution in [3.05, 3.63) is 65.2 Å². The largest absolute Gasteiger partial charge is 0.392 e. The molecule has 3 rings (SSSR count). The number of aliphatic hydroxyl groups is 1. The molecule has 4 nitrogen and oxygen atoms in total. The van der Waals surface area contributed by atoms with Crippen molar-refractivity contribution in [2.24, 2.45) is 0 Å². The van der Waals surface area contributed by atoms with Gasteiger partial charge in [-0.2, -0.15) is 0 Å². The topological polar surface area (TPSA) is 44.7 Å². The van der Waals surface area contributed by atoms with Gasteiger partial charge in [0.1, 0.15) is 0 Å². The first-order valence-electron chi connectivity index (χ1n) is 9.04. The highest BCUT2D eigenvalue weighted by atomic mass is 16.5. The minimum atomic E-state index is 0.0813. The lowest BCUT2D eigenvalue weighted by Crippen LogP contribution is -2.46. The van der Waals surface area contributed by atoms with Gasteiger partial charge in [-0.3, -0.25) is 0 Å². The number of hydrogen-bond acceptors (Lipinski definition) is 4. The molecule has 0 spiro atoms. The van der Waals surface area contributed by atoms with Gasteiger partial charge in [-0.1, -0.05) is 42.5 Å². The Labute approximate surface area is 150 Å². The van der Waals surface area contributed by atoms with Crippen LogP contribution >= 0.6 is 0 Å². The molecule has 1 saturated heterocycles. The van der Waals surface area contributed by atoms with E-state index in [-0.39, 0.29) is 18.8 Å². The third-order valence-electron chi connectivity index (χ3n) is 4.67. The highest BCUT2D eigenvalue weighted by Crippen LogP contribution is 2.24. The lowest BCUT2D eigenvalue weighted by molar-refractivity contribution is -0.00526. The second-order valence-electron chi connectivity index (χ2n) is 6.82. The van der Waals surface area contributed by atoms with E-state index < -0.39 is 0 Å². The maximum Gasteiger partial charge on any atom is 0.0726 e. The van der Waals surface area contributed by atoms with Crippen LogP contribution in [0.2, 0.25) is 0 Å². The van der Waals surface area contributed by atoms with Crippen LogP contribution in [0.3, 0.4) is 0 Å². The Kier molecular flexibility index (Phi) is 6.08. The van der Waals surface area contributed by atoms with Gasteiger partial charge in [-0.05, 0) is 36.6 Å². The van der Waals surface area contributed by atoms with Gasteiger partial charge >= 0.3 is 0 Å². The van der Waals surface area contributed by atoms with E-state index in [9.17, 15) is 5.11 Å². The van der Waals surface area contributed by atoms with E-state index in [0.717, 1.165) is 37.3 Å². The van der Waals surface area contributed by atoms with Crippen LogP contribution in [0.15, 0.2) is 48.5 Å². The summed E-state index contributed by atoms with van der Waals surface area (Å²) in [5.41, 5.74) is 4.72. The summed E-state index contributed by atoms with van der Waals surface area (Å²) in [6.45, 7) is 7.75. The minimum absolute atomic E-state index is 0.0813. The molecule has 25 heavy (non-hydrogen) atoms. The van der Waals surface area contributed by atoms with E-state index in [1.165, 1.54) is 11.3 Å². The fourth-order valence-corrected chi connectivity index (χ4v) is 3.56. The van der Waals surface area contributed by atoms with Crippen molar-refractivity contribution in [2.75, 3.05) is 18.0 Å². The molecule has 0 radical (unpaired) electrons. The van der Waals surface area contributed by atoms with Crippen LogP contribution in [0.1, 0.15) is 30.5 Å². The van der Waals surface area contributed by atoms with Crippen molar-refractivity contribution in [3.8, 4) is 0 Å². The second kappa shape index (κ2) is 8.48. The Hall–Kier alpha value is -1.88. The first-order valence-corrected chi connectivity index (χ1v) is 9.04. The van der Waals surface area contributed by atoms with Gasteiger partial charge in [0.25, 0.3) is 0 Å². The molecular formula is C21H28N2O2. The van der Waals surface area contributed by atoms with Crippen molar-refractivity contribution in [3.63, 3.8) is 0 Å². The van der Waals surface area contributed by atoms with Crippen molar-refractivity contribution >= 4 is 5.69 Å². The summed E-state index contributed by atoms with van der Waals surface area (Å²) in [6, 6.07) is 16.6. The molecule has 0 aliphatic carbocycles. The third-order valence-corrected chi connectivity index (χ3v) is 4.67. The van der Waals surface area contributed by atoms with Gasteiger partial charge in [0.2, 0.25) is 0 Å². The molecule has 0 amide bonds. The van der Waals surface area contributed by atoms with Crippen LogP contribution in [0, 0.1) is 0 Å². The number of para-hydroxylation sites is 1. The number of hydrogen-bond donors (Lipinski definition) is 2. The van der Waals surface area contributed by atoms with E-state index in [1.54, 1.807) is 0 Å². The fourth-order valence-electron chi connectivity index (χ4n) is 3.56. The molecule has 1 aliphatic heterocycles. The summed E-state index contributed by atoms with van der Waals surface area (Å²) in [5, 5.41) is 13.0. The van der Waals surface area contributed by atoms with Gasteiger partial charge in [-0.15, -0.1) is 0 Å². The molecule has 0 aromatic heterocycles. The fraction of sp³-hybridized carbons (Fsp3) is 0.429. The SMILES string of the molecule is CC1CN(c2ccccc2CNCc2ccccc2CO)CC(C)O1. The Morgan fingerprint density at radius 3 is 2.16 bits per heavy atom. The number of ether oxygens (including phenoxy) is 1. The third kappa shape index (κ3) is 4.60. The lowest BCUT2D eigenvalue weighted by atomic mass is 10.1. The maximum atomic E-state index is 9.45. The predicted octanol–water partition coefficient (Wildman–Crippen LogP) is 3.08. The summed E-state index contributed by atoms with van der Waals surface area (Å²) in [5.74, 6) is 0. The Morgan fingerprint density at radius 1 is 0.920 bits per heavy atom. The van der Waals surface area contributed by atoms with Crippen LogP contribution in [0.25, 0.3) is 0 Å². The highest BCUT2D eigenvalue weighted by molar-refractivity contribution is 5.54. The van der Waals surface area contributed by atoms with Crippen LogP contribution in [-0.4, -0.2) is 30.4 Å². The molecule has 134 valence electrons. The molecule has 2 aromatic rings. The van der Waals surface area contributed by atoms with E-state index in [1.807, 2.05) is 18.2 Å². The summed E-state index contributed by atoms with van der Waals surface area (Å²) < 4.78 is 5.86. The number of nitrogens with zero attached hydrogens (tertiary/aromatic N) is 1. The molecule has 2 atom stereocenters. The Balaban J connectivity index is 1.67. The van der Waals surface area contributed by atoms with Crippen molar-refractivity contribution in [1.82, 2.24) is 5.32 Å². The summed E-state index contributed by atoms with van der Waals surface area (Å²) in [4.78, 5) is 2.43. The Morgan fingerprint density at radius 2 is 1.48 bits per heavy atom. The molecule has 1 heterocycles. The van der Waals surface area contributed by atoms with Gasteiger partial charge in [0, 0.05) is 31.9 Å². The zero-order chi connectivity index (χ0) is 17.6. The first kappa shape index (κ1) is 17.9. The van der Waals surface area contributed by atoms with Crippen LogP contribution in [0.5, 0.6) is 0 Å². The molecule has 2 unspecified atom stereocenters. The predicted molar refractivity (Wildman–Crippen MR) is 102 cm³/mol. The second-order valence-corrected chi connectivity index (χ2v) is 6.82. The summed E-state index contributed by atoms with van der Waals surface area (Å²) >= 11 is 0. The molecular weight excluding hydrogens is 312 g/mol. The molecule has 0 bridgehead atoms. The number of benzene rings is 2.